The summed E-state index contributed by atoms with van der Waals surface area (Å²) in [6.45, 7) is 0. The quantitative estimate of drug-likeness (QED) is 0.771. The third-order valence-corrected chi connectivity index (χ3v) is 3.98. The minimum absolute atomic E-state index is 0.0820. The van der Waals surface area contributed by atoms with Gasteiger partial charge in [-0.25, -0.2) is 4.79 Å². The minimum atomic E-state index is -1.07. The molecule has 0 saturated carbocycles. The Hall–Kier alpha value is -2.66. The van der Waals surface area contributed by atoms with Crippen LogP contribution >= 0.6 is 11.3 Å². The van der Waals surface area contributed by atoms with E-state index in [0.717, 1.165) is 10.8 Å². The Morgan fingerprint density at radius 3 is 2.33 bits per heavy atom. The zero-order valence-corrected chi connectivity index (χ0v) is 11.7. The van der Waals surface area contributed by atoms with Gasteiger partial charge < -0.3 is 10.4 Å². The standard InChI is InChI=1S/C16H11NO3S/c18-15(14-6-3-7-21-14)17-13-9-11-5-2-1-4-10(11)8-12(13)16(19)20/h1-9H,(H,17,18)(H,19,20). The molecular formula is C16H11NO3S. The number of aromatic carboxylic acids is 1. The van der Waals surface area contributed by atoms with E-state index in [1.165, 1.54) is 11.3 Å². The number of thiophene rings is 1. The third-order valence-electron chi connectivity index (χ3n) is 3.11. The molecule has 104 valence electrons. The van der Waals surface area contributed by atoms with Gasteiger partial charge in [0, 0.05) is 0 Å². The summed E-state index contributed by atoms with van der Waals surface area (Å²) in [5.74, 6) is -1.37. The SMILES string of the molecule is O=C(Nc1cc2ccccc2cc1C(=O)O)c1cccs1. The van der Waals surface area contributed by atoms with Gasteiger partial charge in [0.15, 0.2) is 0 Å². The summed E-state index contributed by atoms with van der Waals surface area (Å²) in [4.78, 5) is 24.0. The second-order valence-electron chi connectivity index (χ2n) is 4.48. The maximum Gasteiger partial charge on any atom is 0.337 e. The van der Waals surface area contributed by atoms with Crippen LogP contribution in [0.15, 0.2) is 53.9 Å². The minimum Gasteiger partial charge on any atom is -0.478 e. The van der Waals surface area contributed by atoms with Crippen molar-refractivity contribution in [1.29, 1.82) is 0 Å². The molecule has 2 aromatic carbocycles. The van der Waals surface area contributed by atoms with Crippen molar-refractivity contribution in [3.63, 3.8) is 0 Å². The highest BCUT2D eigenvalue weighted by Crippen LogP contribution is 2.25. The number of hydrogen-bond donors (Lipinski definition) is 2. The Labute approximate surface area is 124 Å². The molecule has 0 saturated heterocycles. The van der Waals surface area contributed by atoms with Crippen LogP contribution in [0.25, 0.3) is 10.8 Å². The molecule has 3 aromatic rings. The summed E-state index contributed by atoms with van der Waals surface area (Å²) >= 11 is 1.31. The Kier molecular flexibility index (Phi) is 3.41. The predicted molar refractivity (Wildman–Crippen MR) is 83.2 cm³/mol. The van der Waals surface area contributed by atoms with Crippen molar-refractivity contribution in [2.75, 3.05) is 5.32 Å². The van der Waals surface area contributed by atoms with Crippen LogP contribution in [0.4, 0.5) is 5.69 Å². The highest BCUT2D eigenvalue weighted by Gasteiger charge is 2.15. The molecule has 21 heavy (non-hydrogen) atoms. The van der Waals surface area contributed by atoms with E-state index in [1.807, 2.05) is 24.3 Å². The summed E-state index contributed by atoms with van der Waals surface area (Å²) in [6.07, 6.45) is 0. The van der Waals surface area contributed by atoms with Crippen LogP contribution in [-0.2, 0) is 0 Å². The molecule has 2 N–H and O–H groups in total. The zero-order valence-electron chi connectivity index (χ0n) is 10.9. The van der Waals surface area contributed by atoms with Gasteiger partial charge in [0.1, 0.15) is 0 Å². The van der Waals surface area contributed by atoms with Crippen LogP contribution in [0.3, 0.4) is 0 Å². The molecule has 3 rings (SSSR count). The average molecular weight is 297 g/mol. The first-order valence-corrected chi connectivity index (χ1v) is 7.14. The molecule has 0 atom stereocenters. The summed E-state index contributed by atoms with van der Waals surface area (Å²) < 4.78 is 0. The van der Waals surface area contributed by atoms with Crippen molar-refractivity contribution in [2.45, 2.75) is 0 Å². The number of hydrogen-bond acceptors (Lipinski definition) is 3. The van der Waals surface area contributed by atoms with E-state index in [9.17, 15) is 14.7 Å². The predicted octanol–water partition coefficient (Wildman–Crippen LogP) is 3.85. The fourth-order valence-corrected chi connectivity index (χ4v) is 2.73. The molecule has 0 radical (unpaired) electrons. The number of anilines is 1. The van der Waals surface area contributed by atoms with E-state index in [4.69, 9.17) is 0 Å². The molecule has 4 nitrogen and oxygen atoms in total. The van der Waals surface area contributed by atoms with Crippen molar-refractivity contribution in [3.8, 4) is 0 Å². The lowest BCUT2D eigenvalue weighted by molar-refractivity contribution is 0.0698. The van der Waals surface area contributed by atoms with Gasteiger partial charge >= 0.3 is 5.97 Å². The molecule has 0 aliphatic carbocycles. The van der Waals surface area contributed by atoms with Gasteiger partial charge in [0.2, 0.25) is 0 Å². The van der Waals surface area contributed by atoms with Crippen LogP contribution in [-0.4, -0.2) is 17.0 Å². The van der Waals surface area contributed by atoms with E-state index in [-0.39, 0.29) is 11.5 Å². The number of rotatable bonds is 3. The van der Waals surface area contributed by atoms with Crippen molar-refractivity contribution in [1.82, 2.24) is 0 Å². The first-order chi connectivity index (χ1) is 10.1. The molecule has 1 amide bonds. The smallest absolute Gasteiger partial charge is 0.337 e. The van der Waals surface area contributed by atoms with Crippen LogP contribution in [0.2, 0.25) is 0 Å². The molecule has 5 heteroatoms. The van der Waals surface area contributed by atoms with E-state index in [1.54, 1.807) is 29.6 Å². The van der Waals surface area contributed by atoms with Crippen LogP contribution in [0.5, 0.6) is 0 Å². The molecule has 0 unspecified atom stereocenters. The second-order valence-corrected chi connectivity index (χ2v) is 5.43. The molecule has 0 fully saturated rings. The van der Waals surface area contributed by atoms with E-state index in [2.05, 4.69) is 5.32 Å². The Balaban J connectivity index is 2.05. The Morgan fingerprint density at radius 2 is 1.71 bits per heavy atom. The third kappa shape index (κ3) is 2.64. The number of nitrogens with one attached hydrogen (secondary N) is 1. The van der Waals surface area contributed by atoms with Crippen LogP contribution in [0.1, 0.15) is 20.0 Å². The normalized spacial score (nSPS) is 10.5. The average Bonchev–Trinajstić information content (AvgIpc) is 3.00. The van der Waals surface area contributed by atoms with Gasteiger partial charge in [0.05, 0.1) is 16.1 Å². The van der Waals surface area contributed by atoms with Crippen LogP contribution < -0.4 is 5.32 Å². The lowest BCUT2D eigenvalue weighted by atomic mass is 10.0. The lowest BCUT2D eigenvalue weighted by Gasteiger charge is -2.09. The van der Waals surface area contributed by atoms with Crippen LogP contribution in [0, 0.1) is 0 Å². The lowest BCUT2D eigenvalue weighted by Crippen LogP contribution is -2.13. The highest BCUT2D eigenvalue weighted by molar-refractivity contribution is 7.12. The number of amides is 1. The first-order valence-electron chi connectivity index (χ1n) is 6.26. The van der Waals surface area contributed by atoms with Crippen molar-refractivity contribution < 1.29 is 14.7 Å². The molecule has 0 bridgehead atoms. The summed E-state index contributed by atoms with van der Waals surface area (Å²) in [5, 5.41) is 15.5. The largest absolute Gasteiger partial charge is 0.478 e. The highest BCUT2D eigenvalue weighted by atomic mass is 32.1. The topological polar surface area (TPSA) is 66.4 Å². The van der Waals surface area contributed by atoms with Crippen molar-refractivity contribution >= 4 is 39.7 Å². The monoisotopic (exact) mass is 297 g/mol. The van der Waals surface area contributed by atoms with E-state index in [0.29, 0.717) is 10.6 Å². The number of fused-ring (bicyclic) bond motifs is 1. The molecule has 1 heterocycles. The van der Waals surface area contributed by atoms with Gasteiger partial charge in [-0.15, -0.1) is 11.3 Å². The Morgan fingerprint density at radius 1 is 1.00 bits per heavy atom. The van der Waals surface area contributed by atoms with Gasteiger partial charge in [-0.1, -0.05) is 30.3 Å². The Bertz CT molecular complexity index is 825. The fourth-order valence-electron chi connectivity index (χ4n) is 2.11. The van der Waals surface area contributed by atoms with Crippen molar-refractivity contribution in [3.05, 3.63) is 64.4 Å². The number of carbonyl (C=O) groups is 2. The molecule has 0 spiro atoms. The van der Waals surface area contributed by atoms with Gasteiger partial charge in [-0.2, -0.15) is 0 Å². The first kappa shape index (κ1) is 13.3. The maximum absolute atomic E-state index is 12.1. The van der Waals surface area contributed by atoms with Gasteiger partial charge in [0.25, 0.3) is 5.91 Å². The molecule has 0 aliphatic heterocycles. The second kappa shape index (κ2) is 5.38. The maximum atomic E-state index is 12.1. The number of benzene rings is 2. The summed E-state index contributed by atoms with van der Waals surface area (Å²) in [5.41, 5.74) is 0.387. The van der Waals surface area contributed by atoms with Gasteiger partial charge in [-0.05, 0) is 34.4 Å². The fraction of sp³-hybridized carbons (Fsp3) is 0. The molecule has 1 aromatic heterocycles. The van der Waals surface area contributed by atoms with E-state index >= 15 is 0 Å². The van der Waals surface area contributed by atoms with E-state index < -0.39 is 5.97 Å². The summed E-state index contributed by atoms with van der Waals surface area (Å²) in [6, 6.07) is 14.2. The zero-order chi connectivity index (χ0) is 14.8. The van der Waals surface area contributed by atoms with Gasteiger partial charge in [-0.3, -0.25) is 4.79 Å². The molecular weight excluding hydrogens is 286 g/mol. The number of carboxylic acid groups (broad SMARTS) is 1. The van der Waals surface area contributed by atoms with Crippen molar-refractivity contribution in [2.24, 2.45) is 0 Å². The number of carboxylic acids is 1. The summed E-state index contributed by atoms with van der Waals surface area (Å²) in [7, 11) is 0. The molecule has 0 aliphatic rings. The number of carbonyl (C=O) groups excluding carboxylic acids is 1.